The number of nitro groups is 1. The number of rotatable bonds is 13. The molecule has 7 N–H and O–H groups in total. The molecule has 0 bridgehead atoms. The summed E-state index contributed by atoms with van der Waals surface area (Å²) in [5, 5.41) is 37.5. The normalized spacial score (nSPS) is 13.4. The molecule has 0 saturated heterocycles. The Bertz CT molecular complexity index is 745. The van der Waals surface area contributed by atoms with E-state index in [1.807, 2.05) is 24.6 Å². The quantitative estimate of drug-likeness (QED) is 0.0554. The number of carbonyl (C=O) groups is 2. The molecule has 0 aliphatic carbocycles. The van der Waals surface area contributed by atoms with E-state index in [2.05, 4.69) is 15.6 Å². The summed E-state index contributed by atoms with van der Waals surface area (Å²) in [4.78, 5) is 39.2. The van der Waals surface area contributed by atoms with E-state index < -0.39 is 30.0 Å². The predicted molar refractivity (Wildman–Crippen MR) is 117 cm³/mol. The largest absolute Gasteiger partial charge is 0.475 e. The number of nitrogens with zero attached hydrogens (tertiary/aromatic N) is 2. The maximum absolute atomic E-state index is 12.7. The highest BCUT2D eigenvalue weighted by Gasteiger charge is 2.29. The summed E-state index contributed by atoms with van der Waals surface area (Å²) in [5.41, 5.74) is 7.87. The molecule has 0 aliphatic heterocycles. The molecule has 0 unspecified atom stereocenters. The van der Waals surface area contributed by atoms with Crippen LogP contribution in [0, 0.1) is 16.0 Å². The van der Waals surface area contributed by atoms with Crippen LogP contribution in [0.3, 0.4) is 0 Å². The molecule has 1 aromatic rings. The van der Waals surface area contributed by atoms with E-state index in [1.54, 1.807) is 11.5 Å². The molecule has 12 nitrogen and oxygen atoms in total. The van der Waals surface area contributed by atoms with Gasteiger partial charge in [0.2, 0.25) is 11.8 Å². The van der Waals surface area contributed by atoms with Crippen molar-refractivity contribution in [1.82, 2.24) is 16.1 Å². The molecule has 172 valence electrons. The molecule has 1 aromatic heterocycles. The van der Waals surface area contributed by atoms with E-state index in [0.29, 0.717) is 12.8 Å². The summed E-state index contributed by atoms with van der Waals surface area (Å²) in [6, 6.07) is 0.861. The van der Waals surface area contributed by atoms with Crippen molar-refractivity contribution >= 4 is 36.2 Å². The zero-order chi connectivity index (χ0) is 23.4. The van der Waals surface area contributed by atoms with E-state index in [4.69, 9.17) is 5.73 Å². The van der Waals surface area contributed by atoms with Gasteiger partial charge in [-0.15, -0.1) is 0 Å². The second-order valence-corrected chi connectivity index (χ2v) is 8.14. The summed E-state index contributed by atoms with van der Waals surface area (Å²) in [6.07, 6.45) is 0.912. The standard InChI is InChI=1S/C17H29BN6O6S/c1-11(2)8-14(18(27)28)22-16(26)13(4-3-6-20-17(19)23-24(29)30)21-15(25)9-12-5-7-31-10-12/h5,7,10-11,13-14,27-28H,3-4,6,8-9H2,1-2H3,(H,21,25)(H,22,26)(H3,19,20,23)/t13-,14-/m0/s1. The van der Waals surface area contributed by atoms with Crippen LogP contribution in [0.5, 0.6) is 0 Å². The molecule has 0 fully saturated rings. The zero-order valence-electron chi connectivity index (χ0n) is 17.5. The van der Waals surface area contributed by atoms with Crippen LogP contribution in [0.25, 0.3) is 0 Å². The van der Waals surface area contributed by atoms with Gasteiger partial charge in [-0.2, -0.15) is 11.3 Å². The van der Waals surface area contributed by atoms with Crippen LogP contribution >= 0.6 is 11.3 Å². The fourth-order valence-corrected chi connectivity index (χ4v) is 3.43. The van der Waals surface area contributed by atoms with Gasteiger partial charge in [0.1, 0.15) is 6.04 Å². The Morgan fingerprint density at radius 2 is 2.06 bits per heavy atom. The smallest absolute Gasteiger partial charge is 0.426 e. The highest BCUT2D eigenvalue weighted by molar-refractivity contribution is 7.08. The maximum Gasteiger partial charge on any atom is 0.475 e. The number of nitrogens with two attached hydrogens (primary N) is 1. The van der Waals surface area contributed by atoms with Gasteiger partial charge in [-0.1, -0.05) is 19.3 Å². The van der Waals surface area contributed by atoms with Crippen LogP contribution in [-0.4, -0.2) is 58.5 Å². The second-order valence-electron chi connectivity index (χ2n) is 7.36. The predicted octanol–water partition coefficient (Wildman–Crippen LogP) is -0.805. The lowest BCUT2D eigenvalue weighted by molar-refractivity contribution is -0.525. The van der Waals surface area contributed by atoms with E-state index >= 15 is 0 Å². The zero-order valence-corrected chi connectivity index (χ0v) is 18.3. The molecule has 14 heteroatoms. The highest BCUT2D eigenvalue weighted by atomic mass is 32.1. The number of hydrogen-bond acceptors (Lipinski definition) is 8. The van der Waals surface area contributed by atoms with Crippen molar-refractivity contribution in [3.63, 3.8) is 0 Å². The van der Waals surface area contributed by atoms with Crippen LogP contribution in [0.1, 0.15) is 38.7 Å². The molecule has 31 heavy (non-hydrogen) atoms. The number of aliphatic imine (C=N–C) groups is 1. The Hall–Kier alpha value is -2.71. The van der Waals surface area contributed by atoms with Crippen molar-refractivity contribution in [2.45, 2.75) is 51.5 Å². The molecule has 0 aromatic carbocycles. The SMILES string of the molecule is CC(C)C[C@H](NC(=O)[C@H](CCCN=C(N)N[N+](=O)[O-])NC(=O)Cc1ccsc1)B(O)O. The first-order valence-electron chi connectivity index (χ1n) is 9.76. The van der Waals surface area contributed by atoms with Crippen LogP contribution in [0.4, 0.5) is 0 Å². The number of nitrogens with one attached hydrogen (secondary N) is 3. The molecular formula is C17H29BN6O6S. The number of hydrazine groups is 1. The molecule has 0 saturated carbocycles. The lowest BCUT2D eigenvalue weighted by atomic mass is 9.75. The van der Waals surface area contributed by atoms with Gasteiger partial charge in [-0.25, -0.2) is 15.1 Å². The second kappa shape index (κ2) is 13.6. The fourth-order valence-electron chi connectivity index (χ4n) is 2.76. The molecule has 0 radical (unpaired) electrons. The number of guanidine groups is 1. The Balaban J connectivity index is 2.76. The maximum atomic E-state index is 12.7. The lowest BCUT2D eigenvalue weighted by Gasteiger charge is -2.24. The summed E-state index contributed by atoms with van der Waals surface area (Å²) < 4.78 is 0. The van der Waals surface area contributed by atoms with Crippen molar-refractivity contribution in [3.8, 4) is 0 Å². The third-order valence-corrected chi connectivity index (χ3v) is 4.88. The number of hydrogen-bond donors (Lipinski definition) is 6. The molecular weight excluding hydrogens is 427 g/mol. The van der Waals surface area contributed by atoms with Gasteiger partial charge in [0.05, 0.1) is 12.4 Å². The molecule has 2 atom stereocenters. The van der Waals surface area contributed by atoms with Crippen LogP contribution in [0.2, 0.25) is 0 Å². The highest BCUT2D eigenvalue weighted by Crippen LogP contribution is 2.09. The Labute approximate surface area is 184 Å². The monoisotopic (exact) mass is 456 g/mol. The summed E-state index contributed by atoms with van der Waals surface area (Å²) >= 11 is 1.45. The Morgan fingerprint density at radius 3 is 2.61 bits per heavy atom. The number of carbonyl (C=O) groups excluding carboxylic acids is 2. The first-order chi connectivity index (χ1) is 14.6. The average Bonchev–Trinajstić information content (AvgIpc) is 3.15. The third kappa shape index (κ3) is 11.3. The molecule has 0 aliphatic rings. The van der Waals surface area contributed by atoms with Gasteiger partial charge in [-0.3, -0.25) is 9.59 Å². The minimum Gasteiger partial charge on any atom is -0.426 e. The van der Waals surface area contributed by atoms with Gasteiger partial charge in [-0.05, 0) is 47.6 Å². The lowest BCUT2D eigenvalue weighted by Crippen LogP contribution is -2.54. The first kappa shape index (κ1) is 26.3. The molecule has 2 amide bonds. The average molecular weight is 456 g/mol. The Kier molecular flexibility index (Phi) is 11.5. The summed E-state index contributed by atoms with van der Waals surface area (Å²) in [6.45, 7) is 3.85. The fraction of sp³-hybridized carbons (Fsp3) is 0.588. The van der Waals surface area contributed by atoms with Gasteiger partial charge >= 0.3 is 7.12 Å². The van der Waals surface area contributed by atoms with Crippen molar-refractivity contribution < 1.29 is 24.7 Å². The van der Waals surface area contributed by atoms with Crippen molar-refractivity contribution in [2.75, 3.05) is 6.54 Å². The first-order valence-corrected chi connectivity index (χ1v) is 10.7. The van der Waals surface area contributed by atoms with Crippen LogP contribution in [0.15, 0.2) is 21.8 Å². The summed E-state index contributed by atoms with van der Waals surface area (Å²) in [5.74, 6) is -2.07. The van der Waals surface area contributed by atoms with Gasteiger partial charge < -0.3 is 26.4 Å². The van der Waals surface area contributed by atoms with Crippen molar-refractivity contribution in [3.05, 3.63) is 32.5 Å². The van der Waals surface area contributed by atoms with Crippen molar-refractivity contribution in [2.24, 2.45) is 16.6 Å². The topological polar surface area (TPSA) is 192 Å². The van der Waals surface area contributed by atoms with Crippen molar-refractivity contribution in [1.29, 1.82) is 0 Å². The van der Waals surface area contributed by atoms with Gasteiger partial charge in [0.25, 0.3) is 5.96 Å². The third-order valence-electron chi connectivity index (χ3n) is 4.15. The molecule has 0 spiro atoms. The minimum absolute atomic E-state index is 0.0922. The van der Waals surface area contributed by atoms with Gasteiger partial charge in [0.15, 0.2) is 5.03 Å². The van der Waals surface area contributed by atoms with E-state index in [9.17, 15) is 29.8 Å². The minimum atomic E-state index is -1.74. The Morgan fingerprint density at radius 1 is 1.35 bits per heavy atom. The van der Waals surface area contributed by atoms with E-state index in [1.165, 1.54) is 11.3 Å². The van der Waals surface area contributed by atoms with Gasteiger partial charge in [0, 0.05) is 6.54 Å². The van der Waals surface area contributed by atoms with Crippen LogP contribution < -0.4 is 21.8 Å². The number of amides is 2. The molecule has 1 rings (SSSR count). The molecule has 1 heterocycles. The van der Waals surface area contributed by atoms with Crippen LogP contribution in [-0.2, 0) is 16.0 Å². The van der Waals surface area contributed by atoms with E-state index in [-0.39, 0.29) is 37.2 Å². The van der Waals surface area contributed by atoms with E-state index in [0.717, 1.165) is 5.56 Å². The summed E-state index contributed by atoms with van der Waals surface area (Å²) in [7, 11) is -1.74. The number of thiophene rings is 1.